The molecule has 0 aliphatic carbocycles. The average Bonchev–Trinajstić information content (AvgIpc) is 2.31. The van der Waals surface area contributed by atoms with E-state index in [9.17, 15) is 4.79 Å². The predicted octanol–water partition coefficient (Wildman–Crippen LogP) is 4.60. The lowest BCUT2D eigenvalue weighted by atomic mass is 10.2. The summed E-state index contributed by atoms with van der Waals surface area (Å²) in [5, 5.41) is 8.46. The van der Waals surface area contributed by atoms with E-state index in [1.54, 1.807) is 24.3 Å². The predicted molar refractivity (Wildman–Crippen MR) is 75.2 cm³/mol. The van der Waals surface area contributed by atoms with Crippen LogP contribution in [0.5, 0.6) is 0 Å². The van der Waals surface area contributed by atoms with Gasteiger partial charge in [-0.05, 0) is 36.4 Å². The Bertz CT molecular complexity index is 467. The average molecular weight is 358 g/mol. The van der Waals surface area contributed by atoms with Crippen LogP contribution < -0.4 is 0 Å². The first-order chi connectivity index (χ1) is 8.09. The van der Waals surface area contributed by atoms with Crippen molar-refractivity contribution in [1.82, 2.24) is 0 Å². The minimum atomic E-state index is -0.896. The second-order valence-corrected chi connectivity index (χ2v) is 4.94. The Morgan fingerprint density at radius 3 is 1.65 bits per heavy atom. The molecule has 0 aliphatic heterocycles. The molecule has 0 aliphatic rings. The third-order valence-electron chi connectivity index (χ3n) is 1.82. The van der Waals surface area contributed by atoms with Gasteiger partial charge in [0.25, 0.3) is 0 Å². The van der Waals surface area contributed by atoms with Gasteiger partial charge in [0.1, 0.15) is 0 Å². The summed E-state index contributed by atoms with van der Waals surface area (Å²) in [6.07, 6.45) is 0. The van der Waals surface area contributed by atoms with E-state index >= 15 is 0 Å². The Morgan fingerprint density at radius 2 is 1.29 bits per heavy atom. The number of aromatic carboxylic acids is 1. The molecule has 0 spiro atoms. The normalized spacial score (nSPS) is 9.06. The number of hydrogen-bond donors (Lipinski definition) is 1. The van der Waals surface area contributed by atoms with Crippen molar-refractivity contribution in [2.75, 3.05) is 0 Å². The number of carbonyl (C=O) groups is 1. The van der Waals surface area contributed by atoms with Crippen molar-refractivity contribution in [3.8, 4) is 0 Å². The van der Waals surface area contributed by atoms with E-state index < -0.39 is 5.97 Å². The number of rotatable bonds is 1. The van der Waals surface area contributed by atoms with E-state index in [2.05, 4.69) is 31.9 Å². The molecular formula is C13H10Br2O2. The van der Waals surface area contributed by atoms with Crippen molar-refractivity contribution in [3.63, 3.8) is 0 Å². The van der Waals surface area contributed by atoms with Gasteiger partial charge in [0.2, 0.25) is 0 Å². The molecule has 0 amide bonds. The number of halogens is 2. The molecule has 2 aromatic rings. The van der Waals surface area contributed by atoms with Crippen LogP contribution in [0.2, 0.25) is 0 Å². The van der Waals surface area contributed by atoms with E-state index in [1.807, 2.05) is 30.3 Å². The van der Waals surface area contributed by atoms with Crippen molar-refractivity contribution in [2.24, 2.45) is 0 Å². The lowest BCUT2D eigenvalue weighted by Crippen LogP contribution is -1.94. The highest BCUT2D eigenvalue weighted by Gasteiger charge is 1.98. The summed E-state index contributed by atoms with van der Waals surface area (Å²) < 4.78 is 2.02. The monoisotopic (exact) mass is 356 g/mol. The Balaban J connectivity index is 0.000000181. The fraction of sp³-hybridized carbons (Fsp3) is 0. The zero-order valence-electron chi connectivity index (χ0n) is 8.81. The second-order valence-electron chi connectivity index (χ2n) is 3.11. The fourth-order valence-corrected chi connectivity index (χ4v) is 1.58. The summed E-state index contributed by atoms with van der Waals surface area (Å²) in [5.74, 6) is -0.896. The molecule has 2 aromatic carbocycles. The van der Waals surface area contributed by atoms with E-state index in [0.717, 1.165) is 8.95 Å². The molecule has 88 valence electrons. The quantitative estimate of drug-likeness (QED) is 0.809. The highest BCUT2D eigenvalue weighted by Crippen LogP contribution is 2.09. The zero-order valence-corrected chi connectivity index (χ0v) is 12.0. The summed E-state index contributed by atoms with van der Waals surface area (Å²) in [7, 11) is 0. The van der Waals surface area contributed by atoms with Crippen LogP contribution in [0.3, 0.4) is 0 Å². The summed E-state index contributed by atoms with van der Waals surface area (Å²) in [6, 6.07) is 16.5. The number of hydrogen-bond acceptors (Lipinski definition) is 1. The van der Waals surface area contributed by atoms with E-state index in [4.69, 9.17) is 5.11 Å². The maximum Gasteiger partial charge on any atom is 0.335 e. The molecule has 0 unspecified atom stereocenters. The number of carboxylic acids is 1. The van der Waals surface area contributed by atoms with Gasteiger partial charge in [0.15, 0.2) is 0 Å². The van der Waals surface area contributed by atoms with Gasteiger partial charge in [-0.15, -0.1) is 0 Å². The first kappa shape index (κ1) is 13.9. The summed E-state index contributed by atoms with van der Waals surface area (Å²) in [6.45, 7) is 0. The SMILES string of the molecule is Brc1ccccc1.O=C(O)c1ccc(Br)cc1. The Morgan fingerprint density at radius 1 is 0.824 bits per heavy atom. The van der Waals surface area contributed by atoms with Crippen molar-refractivity contribution in [2.45, 2.75) is 0 Å². The molecule has 0 saturated carbocycles. The molecule has 1 N–H and O–H groups in total. The number of carboxylic acid groups (broad SMARTS) is 1. The Kier molecular flexibility index (Phi) is 5.94. The third-order valence-corrected chi connectivity index (χ3v) is 2.88. The molecule has 4 heteroatoms. The smallest absolute Gasteiger partial charge is 0.335 e. The third kappa shape index (κ3) is 5.65. The first-order valence-electron chi connectivity index (χ1n) is 4.79. The van der Waals surface area contributed by atoms with Gasteiger partial charge in [-0.1, -0.05) is 50.1 Å². The summed E-state index contributed by atoms with van der Waals surface area (Å²) in [5.41, 5.74) is 0.309. The standard InChI is InChI=1S/C7H5BrO2.C6H5Br/c8-6-3-1-5(2-4-6)7(9)10;7-6-4-2-1-3-5-6/h1-4H,(H,9,10);1-5H. The topological polar surface area (TPSA) is 37.3 Å². The summed E-state index contributed by atoms with van der Waals surface area (Å²) >= 11 is 6.51. The molecule has 0 heterocycles. The molecule has 0 atom stereocenters. The second kappa shape index (κ2) is 7.25. The lowest BCUT2D eigenvalue weighted by Gasteiger charge is -1.91. The van der Waals surface area contributed by atoms with Gasteiger partial charge < -0.3 is 5.11 Å². The molecule has 0 saturated heterocycles. The molecule has 0 fully saturated rings. The molecular weight excluding hydrogens is 348 g/mol. The van der Waals surface area contributed by atoms with Crippen LogP contribution in [0.25, 0.3) is 0 Å². The molecule has 0 radical (unpaired) electrons. The van der Waals surface area contributed by atoms with Gasteiger partial charge in [0.05, 0.1) is 5.56 Å². The van der Waals surface area contributed by atoms with Gasteiger partial charge in [-0.3, -0.25) is 0 Å². The molecule has 0 aromatic heterocycles. The molecule has 2 nitrogen and oxygen atoms in total. The van der Waals surface area contributed by atoms with E-state index in [-0.39, 0.29) is 0 Å². The number of benzene rings is 2. The highest BCUT2D eigenvalue weighted by molar-refractivity contribution is 9.10. The highest BCUT2D eigenvalue weighted by atomic mass is 79.9. The zero-order chi connectivity index (χ0) is 12.7. The Hall–Kier alpha value is -1.13. The van der Waals surface area contributed by atoms with Crippen molar-refractivity contribution >= 4 is 37.8 Å². The molecule has 2 rings (SSSR count). The fourth-order valence-electron chi connectivity index (χ4n) is 1.01. The van der Waals surface area contributed by atoms with Gasteiger partial charge in [-0.25, -0.2) is 4.79 Å². The van der Waals surface area contributed by atoms with E-state index in [0.29, 0.717) is 5.56 Å². The van der Waals surface area contributed by atoms with Crippen LogP contribution in [0, 0.1) is 0 Å². The van der Waals surface area contributed by atoms with Crippen LogP contribution in [-0.4, -0.2) is 11.1 Å². The Labute approximate surface area is 117 Å². The van der Waals surface area contributed by atoms with Crippen LogP contribution in [-0.2, 0) is 0 Å². The van der Waals surface area contributed by atoms with Gasteiger partial charge in [0, 0.05) is 8.95 Å². The van der Waals surface area contributed by atoms with Crippen molar-refractivity contribution in [3.05, 3.63) is 69.1 Å². The molecule has 17 heavy (non-hydrogen) atoms. The minimum absolute atomic E-state index is 0.309. The van der Waals surface area contributed by atoms with Crippen LogP contribution in [0.1, 0.15) is 10.4 Å². The minimum Gasteiger partial charge on any atom is -0.478 e. The van der Waals surface area contributed by atoms with Gasteiger partial charge in [-0.2, -0.15) is 0 Å². The lowest BCUT2D eigenvalue weighted by molar-refractivity contribution is 0.0697. The molecule has 0 bridgehead atoms. The first-order valence-corrected chi connectivity index (χ1v) is 6.37. The van der Waals surface area contributed by atoms with Crippen LogP contribution >= 0.6 is 31.9 Å². The van der Waals surface area contributed by atoms with Crippen LogP contribution in [0.4, 0.5) is 0 Å². The van der Waals surface area contributed by atoms with E-state index in [1.165, 1.54) is 0 Å². The van der Waals surface area contributed by atoms with Gasteiger partial charge >= 0.3 is 5.97 Å². The van der Waals surface area contributed by atoms with Crippen molar-refractivity contribution < 1.29 is 9.90 Å². The maximum atomic E-state index is 10.3. The van der Waals surface area contributed by atoms with Crippen molar-refractivity contribution in [1.29, 1.82) is 0 Å². The maximum absolute atomic E-state index is 10.3. The van der Waals surface area contributed by atoms with Crippen LogP contribution in [0.15, 0.2) is 63.5 Å². The summed E-state index contributed by atoms with van der Waals surface area (Å²) in [4.78, 5) is 10.3. The largest absolute Gasteiger partial charge is 0.478 e.